The molecule has 162 valence electrons. The molecule has 2 aliphatic rings. The number of ether oxygens (including phenoxy) is 2. The molecule has 1 aromatic carbocycles. The first-order valence-corrected chi connectivity index (χ1v) is 12.0. The van der Waals surface area contributed by atoms with Crippen LogP contribution in [0.5, 0.6) is 11.5 Å². The summed E-state index contributed by atoms with van der Waals surface area (Å²) in [6.45, 7) is 2.29. The fraction of sp³-hybridized carbons (Fsp3) is 0.731. The van der Waals surface area contributed by atoms with Crippen LogP contribution >= 0.6 is 0 Å². The Morgan fingerprint density at radius 3 is 2.00 bits per heavy atom. The van der Waals surface area contributed by atoms with Gasteiger partial charge in [0, 0.05) is 0 Å². The van der Waals surface area contributed by atoms with E-state index in [1.54, 1.807) is 7.11 Å². The Bertz CT molecular complexity index is 593. The maximum absolute atomic E-state index is 12.5. The highest BCUT2D eigenvalue weighted by Gasteiger charge is 2.33. The Morgan fingerprint density at radius 1 is 0.828 bits per heavy atom. The molecule has 0 aromatic heterocycles. The number of unbranched alkanes of at least 4 members (excludes halogenated alkanes) is 3. The number of hydrogen-bond acceptors (Lipinski definition) is 3. The molecule has 3 rings (SSSR count). The lowest BCUT2D eigenvalue weighted by atomic mass is 9.68. The van der Waals surface area contributed by atoms with E-state index < -0.39 is 0 Å². The van der Waals surface area contributed by atoms with Crippen LogP contribution in [0.4, 0.5) is 0 Å². The van der Waals surface area contributed by atoms with Crippen molar-refractivity contribution in [3.05, 3.63) is 24.3 Å². The van der Waals surface area contributed by atoms with Gasteiger partial charge in [-0.2, -0.15) is 0 Å². The maximum atomic E-state index is 12.5. The number of carbonyl (C=O) groups is 1. The molecule has 0 atom stereocenters. The van der Waals surface area contributed by atoms with Crippen molar-refractivity contribution in [3.8, 4) is 11.5 Å². The normalized spacial score (nSPS) is 27.4. The molecular weight excluding hydrogens is 360 g/mol. The largest absolute Gasteiger partial charge is 0.497 e. The summed E-state index contributed by atoms with van der Waals surface area (Å²) in [5.74, 6) is 4.14. The van der Waals surface area contributed by atoms with Crippen LogP contribution < -0.4 is 9.47 Å². The summed E-state index contributed by atoms with van der Waals surface area (Å²) in [6, 6.07) is 7.28. The summed E-state index contributed by atoms with van der Waals surface area (Å²) in [5.41, 5.74) is 0. The Morgan fingerprint density at radius 2 is 1.41 bits per heavy atom. The second-order valence-corrected chi connectivity index (χ2v) is 9.34. The van der Waals surface area contributed by atoms with Crippen LogP contribution in [0.15, 0.2) is 24.3 Å². The summed E-state index contributed by atoms with van der Waals surface area (Å²) < 4.78 is 10.8. The molecule has 0 aliphatic heterocycles. The maximum Gasteiger partial charge on any atom is 0.314 e. The van der Waals surface area contributed by atoms with E-state index in [0.29, 0.717) is 5.75 Å². The molecule has 0 heterocycles. The number of hydrogen-bond donors (Lipinski definition) is 0. The van der Waals surface area contributed by atoms with Gasteiger partial charge in [0.25, 0.3) is 0 Å². The number of carbonyl (C=O) groups excluding carboxylic acids is 1. The predicted molar refractivity (Wildman–Crippen MR) is 118 cm³/mol. The topological polar surface area (TPSA) is 35.5 Å². The van der Waals surface area contributed by atoms with Crippen molar-refractivity contribution >= 4 is 5.97 Å². The highest BCUT2D eigenvalue weighted by atomic mass is 16.5. The molecule has 0 spiro atoms. The fourth-order valence-corrected chi connectivity index (χ4v) is 5.48. The van der Waals surface area contributed by atoms with Crippen LogP contribution in [0.2, 0.25) is 0 Å². The summed E-state index contributed by atoms with van der Waals surface area (Å²) in [6.07, 6.45) is 17.2. The summed E-state index contributed by atoms with van der Waals surface area (Å²) in [7, 11) is 1.64. The summed E-state index contributed by atoms with van der Waals surface area (Å²) in [5, 5.41) is 0. The zero-order valence-electron chi connectivity index (χ0n) is 18.5. The minimum atomic E-state index is -0.0515. The minimum Gasteiger partial charge on any atom is -0.497 e. The van der Waals surface area contributed by atoms with E-state index in [1.165, 1.54) is 70.6 Å². The van der Waals surface area contributed by atoms with Crippen LogP contribution in [-0.2, 0) is 4.79 Å². The van der Waals surface area contributed by atoms with E-state index in [1.807, 2.05) is 24.3 Å². The zero-order chi connectivity index (χ0) is 20.5. The van der Waals surface area contributed by atoms with Gasteiger partial charge in [-0.15, -0.1) is 0 Å². The zero-order valence-corrected chi connectivity index (χ0v) is 18.5. The van der Waals surface area contributed by atoms with Crippen molar-refractivity contribution in [1.82, 2.24) is 0 Å². The van der Waals surface area contributed by atoms with Crippen LogP contribution in [0.3, 0.4) is 0 Å². The Balaban J connectivity index is 1.35. The van der Waals surface area contributed by atoms with Gasteiger partial charge in [0.15, 0.2) is 0 Å². The summed E-state index contributed by atoms with van der Waals surface area (Å²) >= 11 is 0. The molecule has 2 fully saturated rings. The highest BCUT2D eigenvalue weighted by molar-refractivity contribution is 5.75. The van der Waals surface area contributed by atoms with E-state index in [-0.39, 0.29) is 11.9 Å². The first kappa shape index (κ1) is 22.2. The van der Waals surface area contributed by atoms with Gasteiger partial charge in [0.05, 0.1) is 13.0 Å². The standard InChI is InChI=1S/C26H40O3/c1-3-4-5-6-7-20-8-10-21(11-9-20)22-12-14-23(15-13-22)26(27)29-25-18-16-24(28-2)17-19-25/h16-23H,3-15H2,1-2H3. The lowest BCUT2D eigenvalue weighted by Crippen LogP contribution is -2.30. The highest BCUT2D eigenvalue weighted by Crippen LogP contribution is 2.42. The second kappa shape index (κ2) is 11.6. The van der Waals surface area contributed by atoms with Crippen LogP contribution in [-0.4, -0.2) is 13.1 Å². The van der Waals surface area contributed by atoms with Gasteiger partial charge in [0.2, 0.25) is 0 Å². The SMILES string of the molecule is CCCCCCC1CCC(C2CCC(C(=O)Oc3ccc(OC)cc3)CC2)CC1. The van der Waals surface area contributed by atoms with E-state index >= 15 is 0 Å². The van der Waals surface area contributed by atoms with Crippen molar-refractivity contribution in [2.45, 2.75) is 90.4 Å². The molecule has 29 heavy (non-hydrogen) atoms. The van der Waals surface area contributed by atoms with E-state index in [0.717, 1.165) is 36.3 Å². The van der Waals surface area contributed by atoms with Gasteiger partial charge in [-0.1, -0.05) is 51.9 Å². The summed E-state index contributed by atoms with van der Waals surface area (Å²) in [4.78, 5) is 12.5. The van der Waals surface area contributed by atoms with Crippen LogP contribution in [0.25, 0.3) is 0 Å². The molecule has 1 aromatic rings. The number of esters is 1. The molecule has 3 heteroatoms. The van der Waals surface area contributed by atoms with Crippen molar-refractivity contribution in [2.24, 2.45) is 23.7 Å². The Hall–Kier alpha value is -1.51. The molecule has 0 amide bonds. The first-order chi connectivity index (χ1) is 14.2. The van der Waals surface area contributed by atoms with Gasteiger partial charge in [0.1, 0.15) is 11.5 Å². The van der Waals surface area contributed by atoms with Crippen LogP contribution in [0.1, 0.15) is 90.4 Å². The van der Waals surface area contributed by atoms with Gasteiger partial charge < -0.3 is 9.47 Å². The third-order valence-corrected chi connectivity index (χ3v) is 7.41. The van der Waals surface area contributed by atoms with Gasteiger partial charge >= 0.3 is 5.97 Å². The molecule has 3 nitrogen and oxygen atoms in total. The third kappa shape index (κ3) is 6.76. The fourth-order valence-electron chi connectivity index (χ4n) is 5.48. The Labute approximate surface area is 177 Å². The van der Waals surface area contributed by atoms with Gasteiger partial charge in [-0.25, -0.2) is 0 Å². The predicted octanol–water partition coefficient (Wildman–Crippen LogP) is 7.18. The average molecular weight is 401 g/mol. The number of benzene rings is 1. The molecule has 0 unspecified atom stereocenters. The molecule has 0 bridgehead atoms. The third-order valence-electron chi connectivity index (χ3n) is 7.41. The number of methoxy groups -OCH3 is 1. The molecular formula is C26H40O3. The van der Waals surface area contributed by atoms with E-state index in [4.69, 9.17) is 9.47 Å². The molecule has 0 N–H and O–H groups in total. The molecule has 0 radical (unpaired) electrons. The van der Waals surface area contributed by atoms with E-state index in [9.17, 15) is 4.79 Å². The smallest absolute Gasteiger partial charge is 0.314 e. The van der Waals surface area contributed by atoms with Crippen molar-refractivity contribution < 1.29 is 14.3 Å². The van der Waals surface area contributed by atoms with E-state index in [2.05, 4.69) is 6.92 Å². The van der Waals surface area contributed by atoms with Crippen molar-refractivity contribution in [3.63, 3.8) is 0 Å². The number of rotatable bonds is 9. The molecule has 2 aliphatic carbocycles. The first-order valence-electron chi connectivity index (χ1n) is 12.0. The van der Waals surface area contributed by atoms with Crippen LogP contribution in [0, 0.1) is 23.7 Å². The molecule has 2 saturated carbocycles. The lowest BCUT2D eigenvalue weighted by Gasteiger charge is -2.37. The van der Waals surface area contributed by atoms with Gasteiger partial charge in [-0.3, -0.25) is 4.79 Å². The molecule has 0 saturated heterocycles. The monoisotopic (exact) mass is 400 g/mol. The van der Waals surface area contributed by atoms with Crippen molar-refractivity contribution in [2.75, 3.05) is 7.11 Å². The second-order valence-electron chi connectivity index (χ2n) is 9.34. The lowest BCUT2D eigenvalue weighted by molar-refractivity contribution is -0.140. The Kier molecular flexibility index (Phi) is 8.89. The quantitative estimate of drug-likeness (QED) is 0.250. The van der Waals surface area contributed by atoms with Gasteiger partial charge in [-0.05, 0) is 80.5 Å². The van der Waals surface area contributed by atoms with Crippen molar-refractivity contribution in [1.29, 1.82) is 0 Å². The average Bonchev–Trinajstić information content (AvgIpc) is 2.78. The minimum absolute atomic E-state index is 0.0515.